The molecule has 1 aliphatic rings. The molecule has 0 spiro atoms. The van der Waals surface area contributed by atoms with Gasteiger partial charge in [-0.15, -0.1) is 10.2 Å². The first-order valence-corrected chi connectivity index (χ1v) is 7.15. The van der Waals surface area contributed by atoms with Gasteiger partial charge >= 0.3 is 0 Å². The predicted octanol–water partition coefficient (Wildman–Crippen LogP) is 1.38. The number of nitrogens with zero attached hydrogens (tertiary/aromatic N) is 2. The summed E-state index contributed by atoms with van der Waals surface area (Å²) in [4.78, 5) is 11.7. The molecule has 0 radical (unpaired) electrons. The summed E-state index contributed by atoms with van der Waals surface area (Å²) in [6, 6.07) is 5.35. The van der Waals surface area contributed by atoms with E-state index in [1.165, 1.54) is 11.3 Å². The lowest BCUT2D eigenvalue weighted by atomic mass is 10.3. The molecular weight excluding hydrogens is 294 g/mol. The van der Waals surface area contributed by atoms with Gasteiger partial charge in [-0.2, -0.15) is 0 Å². The lowest BCUT2D eigenvalue weighted by Crippen LogP contribution is -2.28. The van der Waals surface area contributed by atoms with Crippen molar-refractivity contribution in [3.8, 4) is 17.2 Å². The van der Waals surface area contributed by atoms with Gasteiger partial charge in [-0.25, -0.2) is 0 Å². The summed E-state index contributed by atoms with van der Waals surface area (Å²) in [5, 5.41) is 11.4. The highest BCUT2D eigenvalue weighted by Gasteiger charge is 2.14. The molecule has 0 unspecified atom stereocenters. The molecule has 1 aromatic heterocycles. The van der Waals surface area contributed by atoms with Crippen LogP contribution in [0.3, 0.4) is 0 Å². The summed E-state index contributed by atoms with van der Waals surface area (Å²) in [7, 11) is 0. The number of benzene rings is 1. The molecule has 3 rings (SSSR count). The molecule has 1 aliphatic heterocycles. The van der Waals surface area contributed by atoms with E-state index in [0.29, 0.717) is 35.4 Å². The Morgan fingerprint density at radius 1 is 1.38 bits per heavy atom. The summed E-state index contributed by atoms with van der Waals surface area (Å²) in [5.41, 5.74) is 0. The van der Waals surface area contributed by atoms with Crippen LogP contribution in [0.1, 0.15) is 14.8 Å². The van der Waals surface area contributed by atoms with E-state index in [9.17, 15) is 4.79 Å². The SMILES string of the molecule is Cc1nnc(C(=O)NCCOc2ccc3c(c2)OCO3)s1. The van der Waals surface area contributed by atoms with E-state index in [-0.39, 0.29) is 12.7 Å². The van der Waals surface area contributed by atoms with Crippen LogP contribution in [0.25, 0.3) is 0 Å². The fraction of sp³-hybridized carbons (Fsp3) is 0.308. The number of aryl methyl sites for hydroxylation is 1. The first-order valence-electron chi connectivity index (χ1n) is 6.33. The number of fused-ring (bicyclic) bond motifs is 1. The van der Waals surface area contributed by atoms with Crippen LogP contribution in [-0.4, -0.2) is 36.0 Å². The molecule has 0 bridgehead atoms. The minimum absolute atomic E-state index is 0.232. The largest absolute Gasteiger partial charge is 0.492 e. The van der Waals surface area contributed by atoms with E-state index in [4.69, 9.17) is 14.2 Å². The monoisotopic (exact) mass is 307 g/mol. The standard InChI is InChI=1S/C13H13N3O4S/c1-8-15-16-13(21-8)12(17)14-4-5-18-9-2-3-10-11(6-9)20-7-19-10/h2-3,6H,4-5,7H2,1H3,(H,14,17). The molecule has 2 aromatic rings. The Hall–Kier alpha value is -2.35. The van der Waals surface area contributed by atoms with Gasteiger partial charge in [-0.3, -0.25) is 4.79 Å². The van der Waals surface area contributed by atoms with Gasteiger partial charge in [0.25, 0.3) is 5.91 Å². The maximum atomic E-state index is 11.7. The zero-order valence-electron chi connectivity index (χ0n) is 11.3. The van der Waals surface area contributed by atoms with Gasteiger partial charge in [0.05, 0.1) is 6.54 Å². The molecule has 1 N–H and O–H groups in total. The first-order chi connectivity index (χ1) is 10.2. The number of hydrogen-bond acceptors (Lipinski definition) is 7. The van der Waals surface area contributed by atoms with Crippen LogP contribution in [0.4, 0.5) is 0 Å². The maximum absolute atomic E-state index is 11.7. The summed E-state index contributed by atoms with van der Waals surface area (Å²) in [6.07, 6.45) is 0. The van der Waals surface area contributed by atoms with E-state index in [1.54, 1.807) is 25.1 Å². The number of rotatable bonds is 5. The van der Waals surface area contributed by atoms with Crippen molar-refractivity contribution in [3.63, 3.8) is 0 Å². The molecule has 1 amide bonds. The third-order valence-corrected chi connectivity index (χ3v) is 3.56. The summed E-state index contributed by atoms with van der Waals surface area (Å²) in [6.45, 7) is 2.77. The molecule has 0 atom stereocenters. The van der Waals surface area contributed by atoms with Gasteiger partial charge in [-0.1, -0.05) is 11.3 Å². The number of hydrogen-bond donors (Lipinski definition) is 1. The van der Waals surface area contributed by atoms with Gasteiger partial charge in [-0.05, 0) is 19.1 Å². The Balaban J connectivity index is 1.45. The van der Waals surface area contributed by atoms with Gasteiger partial charge in [0, 0.05) is 6.07 Å². The fourth-order valence-electron chi connectivity index (χ4n) is 1.76. The number of carbonyl (C=O) groups excluding carboxylic acids is 1. The lowest BCUT2D eigenvalue weighted by molar-refractivity contribution is 0.0946. The van der Waals surface area contributed by atoms with Crippen molar-refractivity contribution in [2.45, 2.75) is 6.92 Å². The highest BCUT2D eigenvalue weighted by molar-refractivity contribution is 7.13. The Bertz CT molecular complexity index is 659. The van der Waals surface area contributed by atoms with Crippen LogP contribution >= 0.6 is 11.3 Å². The lowest BCUT2D eigenvalue weighted by Gasteiger charge is -2.07. The Morgan fingerprint density at radius 3 is 3.05 bits per heavy atom. The highest BCUT2D eigenvalue weighted by atomic mass is 32.1. The second-order valence-corrected chi connectivity index (χ2v) is 5.43. The molecule has 7 nitrogen and oxygen atoms in total. The van der Waals surface area contributed by atoms with E-state index >= 15 is 0 Å². The highest BCUT2D eigenvalue weighted by Crippen LogP contribution is 2.34. The van der Waals surface area contributed by atoms with Crippen molar-refractivity contribution in [2.24, 2.45) is 0 Å². The van der Waals surface area contributed by atoms with Crippen molar-refractivity contribution in [1.29, 1.82) is 0 Å². The van der Waals surface area contributed by atoms with Crippen molar-refractivity contribution in [3.05, 3.63) is 28.2 Å². The van der Waals surface area contributed by atoms with Crippen LogP contribution in [0, 0.1) is 6.92 Å². The normalized spacial score (nSPS) is 12.2. The molecule has 1 aromatic carbocycles. The van der Waals surface area contributed by atoms with Crippen molar-refractivity contribution >= 4 is 17.2 Å². The topological polar surface area (TPSA) is 82.6 Å². The fourth-order valence-corrected chi connectivity index (χ4v) is 2.37. The van der Waals surface area contributed by atoms with Crippen molar-refractivity contribution < 1.29 is 19.0 Å². The molecule has 8 heteroatoms. The smallest absolute Gasteiger partial charge is 0.282 e. The molecular formula is C13H13N3O4S. The van der Waals surface area contributed by atoms with Crippen LogP contribution < -0.4 is 19.5 Å². The van der Waals surface area contributed by atoms with E-state index in [2.05, 4.69) is 15.5 Å². The number of nitrogens with one attached hydrogen (secondary N) is 1. The summed E-state index contributed by atoms with van der Waals surface area (Å²) < 4.78 is 16.0. The molecule has 0 fully saturated rings. The molecule has 0 saturated carbocycles. The molecule has 110 valence electrons. The van der Waals surface area contributed by atoms with Crippen LogP contribution in [0.15, 0.2) is 18.2 Å². The van der Waals surface area contributed by atoms with E-state index < -0.39 is 0 Å². The van der Waals surface area contributed by atoms with Gasteiger partial charge in [0.15, 0.2) is 11.5 Å². The third-order valence-electron chi connectivity index (χ3n) is 2.72. The van der Waals surface area contributed by atoms with Gasteiger partial charge in [0.2, 0.25) is 11.8 Å². The Labute approximate surface area is 124 Å². The predicted molar refractivity (Wildman–Crippen MR) is 75.0 cm³/mol. The number of ether oxygens (including phenoxy) is 3. The number of amides is 1. The summed E-state index contributed by atoms with van der Waals surface area (Å²) in [5.74, 6) is 1.80. The Morgan fingerprint density at radius 2 is 2.24 bits per heavy atom. The third kappa shape index (κ3) is 3.22. The average Bonchev–Trinajstić information content (AvgIpc) is 3.11. The zero-order valence-corrected chi connectivity index (χ0v) is 12.1. The maximum Gasteiger partial charge on any atom is 0.282 e. The molecule has 2 heterocycles. The van der Waals surface area contributed by atoms with E-state index in [1.807, 2.05) is 0 Å². The van der Waals surface area contributed by atoms with Crippen LogP contribution in [0.2, 0.25) is 0 Å². The van der Waals surface area contributed by atoms with E-state index in [0.717, 1.165) is 5.01 Å². The quantitative estimate of drug-likeness (QED) is 0.840. The molecule has 0 aliphatic carbocycles. The van der Waals surface area contributed by atoms with Crippen LogP contribution in [0.5, 0.6) is 17.2 Å². The first kappa shape index (κ1) is 13.6. The molecule has 21 heavy (non-hydrogen) atoms. The van der Waals surface area contributed by atoms with Crippen molar-refractivity contribution in [1.82, 2.24) is 15.5 Å². The Kier molecular flexibility index (Phi) is 3.87. The summed E-state index contributed by atoms with van der Waals surface area (Å²) >= 11 is 1.26. The minimum atomic E-state index is -0.241. The van der Waals surface area contributed by atoms with Gasteiger partial charge in [0.1, 0.15) is 17.4 Å². The number of carbonyl (C=O) groups is 1. The average molecular weight is 307 g/mol. The van der Waals surface area contributed by atoms with Gasteiger partial charge < -0.3 is 19.5 Å². The second kappa shape index (κ2) is 5.96. The zero-order chi connectivity index (χ0) is 14.7. The minimum Gasteiger partial charge on any atom is -0.492 e. The molecule has 0 saturated heterocycles. The number of aromatic nitrogens is 2. The van der Waals surface area contributed by atoms with Crippen molar-refractivity contribution in [2.75, 3.05) is 19.9 Å². The van der Waals surface area contributed by atoms with Crippen LogP contribution in [-0.2, 0) is 0 Å². The second-order valence-electron chi connectivity index (χ2n) is 4.25.